The summed E-state index contributed by atoms with van der Waals surface area (Å²) in [5.74, 6) is 1.29. The zero-order valence-corrected chi connectivity index (χ0v) is 14.0. The molecular formula is C18H26N2O4. The Bertz CT molecular complexity index is 539. The molecule has 0 unspecified atom stereocenters. The molecule has 1 aromatic heterocycles. The van der Waals surface area contributed by atoms with Gasteiger partial charge in [0.05, 0.1) is 12.2 Å². The minimum atomic E-state index is -0.0644. The van der Waals surface area contributed by atoms with Crippen LogP contribution in [0.2, 0.25) is 0 Å². The summed E-state index contributed by atoms with van der Waals surface area (Å²) in [4.78, 5) is 26.3. The molecule has 0 bridgehead atoms. The van der Waals surface area contributed by atoms with E-state index in [1.807, 2.05) is 17.0 Å². The summed E-state index contributed by atoms with van der Waals surface area (Å²) in [5, 5.41) is 2.97. The number of piperidine rings is 1. The molecule has 0 spiro atoms. The standard InChI is InChI=1S/C18H26N2O4/c21-17(19-8-3-10-23-13-16-5-2-11-24-16)15-4-1-9-20(12-15)18(22)14-6-7-14/h2,5,11,14-15H,1,3-4,6-10,12-13H2,(H,19,21)/t15-/m1/s1. The molecule has 1 aliphatic carbocycles. The maximum absolute atomic E-state index is 12.3. The van der Waals surface area contributed by atoms with Crippen LogP contribution in [0.3, 0.4) is 0 Å². The van der Waals surface area contributed by atoms with E-state index in [1.165, 1.54) is 0 Å². The zero-order chi connectivity index (χ0) is 16.8. The van der Waals surface area contributed by atoms with E-state index in [0.717, 1.165) is 44.4 Å². The Morgan fingerprint density at radius 1 is 1.29 bits per heavy atom. The fourth-order valence-electron chi connectivity index (χ4n) is 3.08. The fraction of sp³-hybridized carbons (Fsp3) is 0.667. The minimum Gasteiger partial charge on any atom is -0.467 e. The van der Waals surface area contributed by atoms with Gasteiger partial charge in [-0.05, 0) is 44.2 Å². The van der Waals surface area contributed by atoms with Crippen LogP contribution in [0.1, 0.15) is 37.9 Å². The van der Waals surface area contributed by atoms with E-state index in [-0.39, 0.29) is 23.7 Å². The monoisotopic (exact) mass is 334 g/mol. The van der Waals surface area contributed by atoms with Crippen molar-refractivity contribution >= 4 is 11.8 Å². The first-order chi connectivity index (χ1) is 11.7. The molecule has 2 aliphatic rings. The summed E-state index contributed by atoms with van der Waals surface area (Å²) in [5.41, 5.74) is 0. The summed E-state index contributed by atoms with van der Waals surface area (Å²) < 4.78 is 10.7. The fourth-order valence-corrected chi connectivity index (χ4v) is 3.08. The van der Waals surface area contributed by atoms with Gasteiger partial charge in [-0.1, -0.05) is 0 Å². The lowest BCUT2D eigenvalue weighted by Gasteiger charge is -2.32. The zero-order valence-electron chi connectivity index (χ0n) is 14.0. The van der Waals surface area contributed by atoms with Crippen LogP contribution >= 0.6 is 0 Å². The molecule has 0 aromatic carbocycles. The molecule has 1 saturated carbocycles. The molecule has 132 valence electrons. The molecule has 2 amide bonds. The predicted octanol–water partition coefficient (Wildman–Crippen LogP) is 1.95. The first-order valence-electron chi connectivity index (χ1n) is 8.90. The van der Waals surface area contributed by atoms with Crippen molar-refractivity contribution in [3.05, 3.63) is 24.2 Å². The number of carbonyl (C=O) groups excluding carboxylic acids is 2. The van der Waals surface area contributed by atoms with Crippen molar-refractivity contribution in [1.29, 1.82) is 0 Å². The minimum absolute atomic E-state index is 0.0642. The highest BCUT2D eigenvalue weighted by Gasteiger charge is 2.36. The van der Waals surface area contributed by atoms with Crippen LogP contribution in [0.25, 0.3) is 0 Å². The molecular weight excluding hydrogens is 308 g/mol. The highest BCUT2D eigenvalue weighted by atomic mass is 16.5. The van der Waals surface area contributed by atoms with Gasteiger partial charge in [0.25, 0.3) is 0 Å². The molecule has 0 radical (unpaired) electrons. The second-order valence-corrected chi connectivity index (χ2v) is 6.67. The third-order valence-electron chi connectivity index (χ3n) is 4.62. The van der Waals surface area contributed by atoms with Gasteiger partial charge in [0, 0.05) is 32.2 Å². The molecule has 24 heavy (non-hydrogen) atoms. The Morgan fingerprint density at radius 3 is 2.92 bits per heavy atom. The van der Waals surface area contributed by atoms with Crippen molar-refractivity contribution < 1.29 is 18.7 Å². The molecule has 1 atom stereocenters. The highest BCUT2D eigenvalue weighted by molar-refractivity contribution is 5.83. The lowest BCUT2D eigenvalue weighted by atomic mass is 9.96. The van der Waals surface area contributed by atoms with E-state index in [0.29, 0.717) is 26.3 Å². The number of hydrogen-bond donors (Lipinski definition) is 1. The number of nitrogens with zero attached hydrogens (tertiary/aromatic N) is 1. The van der Waals surface area contributed by atoms with Crippen LogP contribution < -0.4 is 5.32 Å². The number of nitrogens with one attached hydrogen (secondary N) is 1. The van der Waals surface area contributed by atoms with E-state index < -0.39 is 0 Å². The van der Waals surface area contributed by atoms with E-state index in [4.69, 9.17) is 9.15 Å². The van der Waals surface area contributed by atoms with Crippen LogP contribution in [0.5, 0.6) is 0 Å². The molecule has 2 fully saturated rings. The van der Waals surface area contributed by atoms with E-state index in [9.17, 15) is 9.59 Å². The largest absolute Gasteiger partial charge is 0.467 e. The second kappa shape index (κ2) is 8.33. The second-order valence-electron chi connectivity index (χ2n) is 6.67. The molecule has 3 rings (SSSR count). The van der Waals surface area contributed by atoms with Crippen LogP contribution in [0.15, 0.2) is 22.8 Å². The van der Waals surface area contributed by atoms with Gasteiger partial charge in [-0.2, -0.15) is 0 Å². The lowest BCUT2D eigenvalue weighted by molar-refractivity contribution is -0.136. The first-order valence-corrected chi connectivity index (χ1v) is 8.90. The van der Waals surface area contributed by atoms with Gasteiger partial charge in [0.1, 0.15) is 12.4 Å². The Labute approximate surface area is 142 Å². The maximum atomic E-state index is 12.3. The predicted molar refractivity (Wildman–Crippen MR) is 88.0 cm³/mol. The van der Waals surface area contributed by atoms with Crippen molar-refractivity contribution in [2.24, 2.45) is 11.8 Å². The topological polar surface area (TPSA) is 71.8 Å². The van der Waals surface area contributed by atoms with E-state index in [1.54, 1.807) is 6.26 Å². The summed E-state index contributed by atoms with van der Waals surface area (Å²) in [7, 11) is 0. The van der Waals surface area contributed by atoms with Crippen LogP contribution in [0, 0.1) is 11.8 Å². The Balaban J connectivity index is 1.29. The number of furan rings is 1. The van der Waals surface area contributed by atoms with Crippen molar-refractivity contribution in [3.8, 4) is 0 Å². The van der Waals surface area contributed by atoms with Gasteiger partial charge >= 0.3 is 0 Å². The summed E-state index contributed by atoms with van der Waals surface area (Å²) in [6.07, 6.45) is 6.22. The number of amides is 2. The quantitative estimate of drug-likeness (QED) is 0.738. The first kappa shape index (κ1) is 17.0. The van der Waals surface area contributed by atoms with Gasteiger partial charge in [0.2, 0.25) is 11.8 Å². The van der Waals surface area contributed by atoms with Crippen LogP contribution in [0.4, 0.5) is 0 Å². The van der Waals surface area contributed by atoms with Crippen molar-refractivity contribution in [2.45, 2.75) is 38.7 Å². The van der Waals surface area contributed by atoms with Gasteiger partial charge in [-0.25, -0.2) is 0 Å². The third kappa shape index (κ3) is 4.84. The molecule has 6 nitrogen and oxygen atoms in total. The summed E-state index contributed by atoms with van der Waals surface area (Å²) in [6.45, 7) is 3.03. The number of hydrogen-bond acceptors (Lipinski definition) is 4. The van der Waals surface area contributed by atoms with Crippen LogP contribution in [-0.4, -0.2) is 43.0 Å². The van der Waals surface area contributed by atoms with Gasteiger partial charge in [0.15, 0.2) is 0 Å². The number of rotatable bonds is 8. The highest BCUT2D eigenvalue weighted by Crippen LogP contribution is 2.32. The number of carbonyl (C=O) groups is 2. The van der Waals surface area contributed by atoms with Gasteiger partial charge < -0.3 is 19.4 Å². The summed E-state index contributed by atoms with van der Waals surface area (Å²) >= 11 is 0. The Hall–Kier alpha value is -1.82. The number of ether oxygens (including phenoxy) is 1. The van der Waals surface area contributed by atoms with Crippen molar-refractivity contribution in [2.75, 3.05) is 26.2 Å². The maximum Gasteiger partial charge on any atom is 0.225 e. The van der Waals surface area contributed by atoms with Crippen molar-refractivity contribution in [3.63, 3.8) is 0 Å². The van der Waals surface area contributed by atoms with Crippen LogP contribution in [-0.2, 0) is 20.9 Å². The average molecular weight is 334 g/mol. The average Bonchev–Trinajstić information content (AvgIpc) is 3.33. The smallest absolute Gasteiger partial charge is 0.225 e. The van der Waals surface area contributed by atoms with Gasteiger partial charge in [-0.15, -0.1) is 0 Å². The molecule has 1 N–H and O–H groups in total. The van der Waals surface area contributed by atoms with Crippen molar-refractivity contribution in [1.82, 2.24) is 10.2 Å². The lowest BCUT2D eigenvalue weighted by Crippen LogP contribution is -2.46. The number of likely N-dealkylation sites (tertiary alicyclic amines) is 1. The molecule has 6 heteroatoms. The normalized spacial score (nSPS) is 20.8. The third-order valence-corrected chi connectivity index (χ3v) is 4.62. The molecule has 1 saturated heterocycles. The molecule has 2 heterocycles. The summed E-state index contributed by atoms with van der Waals surface area (Å²) in [6, 6.07) is 3.71. The molecule has 1 aromatic rings. The Morgan fingerprint density at radius 2 is 2.17 bits per heavy atom. The SMILES string of the molecule is O=C(NCCCOCc1ccco1)[C@@H]1CCCN(C(=O)C2CC2)C1. The van der Waals surface area contributed by atoms with Gasteiger partial charge in [-0.3, -0.25) is 9.59 Å². The molecule has 1 aliphatic heterocycles. The van der Waals surface area contributed by atoms with E-state index >= 15 is 0 Å². The van der Waals surface area contributed by atoms with E-state index in [2.05, 4.69) is 5.32 Å². The Kier molecular flexibility index (Phi) is 5.91.